The molecule has 0 aliphatic heterocycles. The lowest BCUT2D eigenvalue weighted by Gasteiger charge is -2.19. The average molecular weight is 303 g/mol. The Bertz CT molecular complexity index is 751. The average Bonchev–Trinajstić information content (AvgIpc) is 2.96. The molecule has 0 saturated heterocycles. The van der Waals surface area contributed by atoms with Crippen molar-refractivity contribution in [3.63, 3.8) is 0 Å². The SMILES string of the molecule is CO[C@@H]1CC[C@H](n2cc(C(C)C)c3ccc(F)cc3c2=O)C1. The third kappa shape index (κ3) is 2.56. The number of nitrogens with zero attached hydrogens (tertiary/aromatic N) is 1. The number of ether oxygens (including phenoxy) is 1. The number of fused-ring (bicyclic) bond motifs is 1. The molecule has 0 radical (unpaired) electrons. The van der Waals surface area contributed by atoms with Crippen molar-refractivity contribution in [2.45, 2.75) is 51.2 Å². The van der Waals surface area contributed by atoms with E-state index in [0.29, 0.717) is 5.39 Å². The number of benzene rings is 1. The predicted octanol–water partition coefficient (Wildman–Crippen LogP) is 4.00. The summed E-state index contributed by atoms with van der Waals surface area (Å²) >= 11 is 0. The monoisotopic (exact) mass is 303 g/mol. The Morgan fingerprint density at radius 3 is 2.68 bits per heavy atom. The highest BCUT2D eigenvalue weighted by Crippen LogP contribution is 2.32. The first-order valence-electron chi connectivity index (χ1n) is 7.88. The topological polar surface area (TPSA) is 31.2 Å². The predicted molar refractivity (Wildman–Crippen MR) is 85.9 cm³/mol. The lowest BCUT2D eigenvalue weighted by atomic mass is 9.98. The van der Waals surface area contributed by atoms with Crippen LogP contribution >= 0.6 is 0 Å². The van der Waals surface area contributed by atoms with Crippen molar-refractivity contribution in [1.29, 1.82) is 0 Å². The molecule has 2 atom stereocenters. The van der Waals surface area contributed by atoms with Gasteiger partial charge in [-0.3, -0.25) is 4.79 Å². The third-order valence-electron chi connectivity index (χ3n) is 4.74. The van der Waals surface area contributed by atoms with Crippen LogP contribution in [0.2, 0.25) is 0 Å². The summed E-state index contributed by atoms with van der Waals surface area (Å²) in [5, 5.41) is 1.34. The summed E-state index contributed by atoms with van der Waals surface area (Å²) in [5.74, 6) is -0.0855. The summed E-state index contributed by atoms with van der Waals surface area (Å²) in [6, 6.07) is 4.65. The van der Waals surface area contributed by atoms with E-state index in [0.717, 1.165) is 30.2 Å². The molecule has 1 fully saturated rings. The second kappa shape index (κ2) is 5.84. The van der Waals surface area contributed by atoms with E-state index in [2.05, 4.69) is 13.8 Å². The quantitative estimate of drug-likeness (QED) is 0.858. The summed E-state index contributed by atoms with van der Waals surface area (Å²) in [4.78, 5) is 12.8. The van der Waals surface area contributed by atoms with Gasteiger partial charge in [-0.25, -0.2) is 4.39 Å². The molecule has 118 valence electrons. The molecule has 1 aliphatic carbocycles. The van der Waals surface area contributed by atoms with E-state index in [-0.39, 0.29) is 29.4 Å². The van der Waals surface area contributed by atoms with Gasteiger partial charge in [-0.05, 0) is 48.3 Å². The maximum absolute atomic E-state index is 13.6. The first-order valence-corrected chi connectivity index (χ1v) is 7.88. The maximum Gasteiger partial charge on any atom is 0.258 e. The number of pyridine rings is 1. The Morgan fingerprint density at radius 2 is 2.05 bits per heavy atom. The Morgan fingerprint density at radius 1 is 1.27 bits per heavy atom. The fourth-order valence-electron chi connectivity index (χ4n) is 3.48. The zero-order valence-electron chi connectivity index (χ0n) is 13.3. The van der Waals surface area contributed by atoms with Crippen LogP contribution in [-0.2, 0) is 4.74 Å². The molecule has 2 aromatic rings. The van der Waals surface area contributed by atoms with Gasteiger partial charge in [0.05, 0.1) is 11.5 Å². The van der Waals surface area contributed by atoms with Crippen molar-refractivity contribution in [2.24, 2.45) is 0 Å². The molecule has 1 aromatic heterocycles. The van der Waals surface area contributed by atoms with Gasteiger partial charge in [0.2, 0.25) is 0 Å². The minimum absolute atomic E-state index is 0.0966. The first kappa shape index (κ1) is 15.2. The van der Waals surface area contributed by atoms with Crippen LogP contribution in [0.15, 0.2) is 29.2 Å². The first-order chi connectivity index (χ1) is 10.5. The maximum atomic E-state index is 13.6. The zero-order valence-corrected chi connectivity index (χ0v) is 13.3. The highest BCUT2D eigenvalue weighted by Gasteiger charge is 2.27. The summed E-state index contributed by atoms with van der Waals surface area (Å²) in [6.07, 6.45) is 4.91. The van der Waals surface area contributed by atoms with Crippen molar-refractivity contribution in [3.8, 4) is 0 Å². The lowest BCUT2D eigenvalue weighted by Crippen LogP contribution is -2.25. The number of aromatic nitrogens is 1. The molecule has 0 amide bonds. The minimum atomic E-state index is -0.363. The molecule has 22 heavy (non-hydrogen) atoms. The molecule has 4 heteroatoms. The van der Waals surface area contributed by atoms with Gasteiger partial charge in [-0.15, -0.1) is 0 Å². The summed E-state index contributed by atoms with van der Waals surface area (Å²) in [7, 11) is 1.71. The van der Waals surface area contributed by atoms with Gasteiger partial charge in [-0.1, -0.05) is 19.9 Å². The van der Waals surface area contributed by atoms with Crippen molar-refractivity contribution in [1.82, 2.24) is 4.57 Å². The summed E-state index contributed by atoms with van der Waals surface area (Å²) in [5.41, 5.74) is 0.996. The van der Waals surface area contributed by atoms with Crippen LogP contribution in [0.1, 0.15) is 50.6 Å². The highest BCUT2D eigenvalue weighted by atomic mass is 19.1. The smallest absolute Gasteiger partial charge is 0.258 e. The Hall–Kier alpha value is -1.68. The van der Waals surface area contributed by atoms with Gasteiger partial charge in [-0.2, -0.15) is 0 Å². The fourth-order valence-corrected chi connectivity index (χ4v) is 3.48. The molecule has 0 N–H and O–H groups in total. The van der Waals surface area contributed by atoms with E-state index >= 15 is 0 Å². The second-order valence-electron chi connectivity index (χ2n) is 6.47. The molecule has 1 aromatic carbocycles. The normalized spacial score (nSPS) is 21.9. The van der Waals surface area contributed by atoms with Crippen LogP contribution in [0.25, 0.3) is 10.8 Å². The molecule has 3 rings (SSSR count). The molecule has 0 bridgehead atoms. The molecule has 1 saturated carbocycles. The summed E-state index contributed by atoms with van der Waals surface area (Å²) in [6.45, 7) is 4.19. The molecule has 1 aliphatic rings. The van der Waals surface area contributed by atoms with Crippen molar-refractivity contribution < 1.29 is 9.13 Å². The number of rotatable bonds is 3. The molecule has 0 unspecified atom stereocenters. The van der Waals surface area contributed by atoms with Gasteiger partial charge < -0.3 is 9.30 Å². The van der Waals surface area contributed by atoms with E-state index in [4.69, 9.17) is 4.74 Å². The van der Waals surface area contributed by atoms with Crippen molar-refractivity contribution in [3.05, 3.63) is 46.1 Å². The van der Waals surface area contributed by atoms with Crippen LogP contribution in [0.4, 0.5) is 4.39 Å². The zero-order chi connectivity index (χ0) is 15.9. The Labute approximate surface area is 129 Å². The number of hydrogen-bond acceptors (Lipinski definition) is 2. The third-order valence-corrected chi connectivity index (χ3v) is 4.74. The van der Waals surface area contributed by atoms with E-state index in [1.807, 2.05) is 6.20 Å². The largest absolute Gasteiger partial charge is 0.381 e. The van der Waals surface area contributed by atoms with Gasteiger partial charge in [0, 0.05) is 19.3 Å². The van der Waals surface area contributed by atoms with E-state index in [1.165, 1.54) is 12.1 Å². The number of hydrogen-bond donors (Lipinski definition) is 0. The standard InChI is InChI=1S/C18H22FNO2/c1-11(2)17-10-20(13-5-6-14(9-13)22-3)18(21)16-8-12(19)4-7-15(16)17/h4,7-8,10-11,13-14H,5-6,9H2,1-3H3/t13-,14+/m0/s1. The van der Waals surface area contributed by atoms with E-state index < -0.39 is 0 Å². The summed E-state index contributed by atoms with van der Waals surface area (Å²) < 4.78 is 20.8. The molecule has 3 nitrogen and oxygen atoms in total. The second-order valence-corrected chi connectivity index (χ2v) is 6.47. The minimum Gasteiger partial charge on any atom is -0.381 e. The van der Waals surface area contributed by atoms with Crippen LogP contribution in [0, 0.1) is 5.82 Å². The molecular weight excluding hydrogens is 281 g/mol. The number of methoxy groups -OCH3 is 1. The van der Waals surface area contributed by atoms with Gasteiger partial charge in [0.15, 0.2) is 0 Å². The molecule has 1 heterocycles. The van der Waals surface area contributed by atoms with Gasteiger partial charge in [0.25, 0.3) is 5.56 Å². The Balaban J connectivity index is 2.19. The van der Waals surface area contributed by atoms with Crippen molar-refractivity contribution >= 4 is 10.8 Å². The van der Waals surface area contributed by atoms with E-state index in [9.17, 15) is 9.18 Å². The number of halogens is 1. The Kier molecular flexibility index (Phi) is 4.04. The van der Waals surface area contributed by atoms with Crippen molar-refractivity contribution in [2.75, 3.05) is 7.11 Å². The molecule has 0 spiro atoms. The highest BCUT2D eigenvalue weighted by molar-refractivity contribution is 5.85. The van der Waals surface area contributed by atoms with Gasteiger partial charge in [0.1, 0.15) is 5.82 Å². The molecular formula is C18H22FNO2. The van der Waals surface area contributed by atoms with Crippen LogP contribution in [0.3, 0.4) is 0 Å². The lowest BCUT2D eigenvalue weighted by molar-refractivity contribution is 0.105. The van der Waals surface area contributed by atoms with Crippen LogP contribution < -0.4 is 5.56 Å². The fraction of sp³-hybridized carbons (Fsp3) is 0.500. The van der Waals surface area contributed by atoms with Crippen LogP contribution in [0.5, 0.6) is 0 Å². The van der Waals surface area contributed by atoms with Gasteiger partial charge >= 0.3 is 0 Å². The van der Waals surface area contributed by atoms with Crippen LogP contribution in [-0.4, -0.2) is 17.8 Å². The van der Waals surface area contributed by atoms with E-state index in [1.54, 1.807) is 17.7 Å².